The highest BCUT2D eigenvalue weighted by Crippen LogP contribution is 2.37. The lowest BCUT2D eigenvalue weighted by molar-refractivity contribution is -0.136. The Balaban J connectivity index is 0.00000210. The molecule has 0 atom stereocenters. The largest absolute Gasteiger partial charge is 0.472 e. The van der Waals surface area contributed by atoms with Crippen LogP contribution < -0.4 is 5.43 Å². The number of amides is 1. The van der Waals surface area contributed by atoms with E-state index in [-0.39, 0.29) is 28.8 Å². The normalized spacial score (nSPS) is 14.7. The summed E-state index contributed by atoms with van der Waals surface area (Å²) in [5.74, 6) is -0.642. The number of alkyl halides is 3. The van der Waals surface area contributed by atoms with Crippen LogP contribution in [0.5, 0.6) is 0 Å². The minimum Gasteiger partial charge on any atom is -0.472 e. The van der Waals surface area contributed by atoms with Gasteiger partial charge in [0.05, 0.1) is 18.1 Å². The van der Waals surface area contributed by atoms with Crippen LogP contribution in [-0.2, 0) is 6.18 Å². The topological polar surface area (TPSA) is 62.8 Å². The molecule has 0 unspecified atom stereocenters. The highest BCUT2D eigenvalue weighted by atomic mass is 35.5. The van der Waals surface area contributed by atoms with Gasteiger partial charge in [0.2, 0.25) is 0 Å². The molecular formula is C16H13Cl2F3N4O2. The summed E-state index contributed by atoms with van der Waals surface area (Å²) in [7, 11) is 0. The van der Waals surface area contributed by atoms with Crippen LogP contribution >= 0.6 is 24.0 Å². The van der Waals surface area contributed by atoms with Crippen molar-refractivity contribution in [1.82, 2.24) is 19.8 Å². The van der Waals surface area contributed by atoms with Crippen molar-refractivity contribution < 1.29 is 22.4 Å². The van der Waals surface area contributed by atoms with Gasteiger partial charge in [0.25, 0.3) is 5.91 Å². The van der Waals surface area contributed by atoms with Crippen molar-refractivity contribution in [3.8, 4) is 11.1 Å². The Morgan fingerprint density at radius 2 is 2.04 bits per heavy atom. The maximum absolute atomic E-state index is 13.5. The number of halogens is 5. The molecule has 11 heteroatoms. The van der Waals surface area contributed by atoms with E-state index < -0.39 is 23.3 Å². The van der Waals surface area contributed by atoms with Gasteiger partial charge in [-0.1, -0.05) is 11.6 Å². The number of hydrogen-bond acceptors (Lipinski definition) is 4. The minimum atomic E-state index is -4.67. The van der Waals surface area contributed by atoms with Crippen LogP contribution in [0, 0.1) is 0 Å². The molecule has 1 saturated heterocycles. The Morgan fingerprint density at radius 1 is 1.30 bits per heavy atom. The lowest BCUT2D eigenvalue weighted by Gasteiger charge is -2.30. The number of aromatic nitrogens is 2. The molecule has 0 aromatic carbocycles. The van der Waals surface area contributed by atoms with Gasteiger partial charge >= 0.3 is 6.18 Å². The number of hydrazine groups is 1. The summed E-state index contributed by atoms with van der Waals surface area (Å²) in [5, 5.41) is 1.46. The second kappa shape index (κ2) is 7.06. The number of nitrogens with zero attached hydrogens (tertiary/aromatic N) is 3. The predicted octanol–water partition coefficient (Wildman–Crippen LogP) is 4.04. The molecule has 3 aromatic heterocycles. The molecule has 144 valence electrons. The standard InChI is InChI=1S/C16H12ClF3N4O2.ClH/c17-13-12(15(25)22-23-3-1-4-23)21-14-11(16(18,19)20)6-10(7-24(13)14)9-2-5-26-8-9;/h2,5-8H,1,3-4H2,(H,22,25);1H. The van der Waals surface area contributed by atoms with Crippen molar-refractivity contribution in [2.45, 2.75) is 12.6 Å². The molecule has 0 radical (unpaired) electrons. The zero-order chi connectivity index (χ0) is 18.5. The number of fused-ring (bicyclic) bond motifs is 1. The monoisotopic (exact) mass is 420 g/mol. The summed E-state index contributed by atoms with van der Waals surface area (Å²) in [4.78, 5) is 16.2. The Kier molecular flexibility index (Phi) is 5.11. The number of nitrogens with one attached hydrogen (secondary N) is 1. The van der Waals surface area contributed by atoms with Gasteiger partial charge in [-0.25, -0.2) is 9.99 Å². The number of carbonyl (C=O) groups is 1. The van der Waals surface area contributed by atoms with Gasteiger partial charge in [-0.05, 0) is 18.6 Å². The molecule has 0 spiro atoms. The molecule has 0 saturated carbocycles. The van der Waals surface area contributed by atoms with E-state index in [4.69, 9.17) is 16.0 Å². The zero-order valence-electron chi connectivity index (χ0n) is 13.6. The van der Waals surface area contributed by atoms with E-state index in [0.29, 0.717) is 18.7 Å². The molecule has 4 rings (SSSR count). The van der Waals surface area contributed by atoms with Crippen molar-refractivity contribution in [3.63, 3.8) is 0 Å². The number of hydrogen-bond donors (Lipinski definition) is 1. The van der Waals surface area contributed by atoms with Crippen LogP contribution in [0.25, 0.3) is 16.8 Å². The second-order valence-corrected chi connectivity index (χ2v) is 6.24. The predicted molar refractivity (Wildman–Crippen MR) is 93.8 cm³/mol. The highest BCUT2D eigenvalue weighted by Gasteiger charge is 2.36. The molecule has 1 aliphatic rings. The molecular weight excluding hydrogens is 408 g/mol. The summed E-state index contributed by atoms with van der Waals surface area (Å²) in [6, 6.07) is 2.49. The lowest BCUT2D eigenvalue weighted by Crippen LogP contribution is -2.50. The molecule has 27 heavy (non-hydrogen) atoms. The van der Waals surface area contributed by atoms with E-state index in [1.165, 1.54) is 24.8 Å². The van der Waals surface area contributed by atoms with E-state index in [1.807, 2.05) is 0 Å². The smallest absolute Gasteiger partial charge is 0.420 e. The van der Waals surface area contributed by atoms with Crippen LogP contribution in [0.2, 0.25) is 5.15 Å². The first-order valence-electron chi connectivity index (χ1n) is 7.72. The van der Waals surface area contributed by atoms with Gasteiger partial charge in [-0.15, -0.1) is 12.4 Å². The summed E-state index contributed by atoms with van der Waals surface area (Å²) < 4.78 is 46.6. The van der Waals surface area contributed by atoms with E-state index in [9.17, 15) is 18.0 Å². The van der Waals surface area contributed by atoms with Crippen LogP contribution in [0.1, 0.15) is 22.5 Å². The van der Waals surface area contributed by atoms with Gasteiger partial charge in [0.15, 0.2) is 11.3 Å². The van der Waals surface area contributed by atoms with Gasteiger partial charge in [-0.2, -0.15) is 13.2 Å². The number of imidazole rings is 1. The molecule has 4 heterocycles. The molecule has 0 bridgehead atoms. The lowest BCUT2D eigenvalue weighted by atomic mass is 10.1. The number of furan rings is 1. The molecule has 6 nitrogen and oxygen atoms in total. The Labute approximate surface area is 162 Å². The molecule has 1 fully saturated rings. The summed E-state index contributed by atoms with van der Waals surface area (Å²) in [5.41, 5.74) is 1.60. The first-order chi connectivity index (χ1) is 12.3. The number of carbonyl (C=O) groups excluding carboxylic acids is 1. The van der Waals surface area contributed by atoms with Gasteiger partial charge in [-0.3, -0.25) is 14.6 Å². The SMILES string of the molecule is Cl.O=C(NN1CCC1)c1nc2c(C(F)(F)F)cc(-c3ccoc3)cn2c1Cl. The fourth-order valence-electron chi connectivity index (χ4n) is 2.68. The molecule has 0 aliphatic carbocycles. The zero-order valence-corrected chi connectivity index (χ0v) is 15.2. The molecule has 3 aromatic rings. The quantitative estimate of drug-likeness (QED) is 0.694. The van der Waals surface area contributed by atoms with Crippen molar-refractivity contribution in [2.75, 3.05) is 13.1 Å². The van der Waals surface area contributed by atoms with E-state index in [0.717, 1.165) is 16.9 Å². The van der Waals surface area contributed by atoms with E-state index >= 15 is 0 Å². The Morgan fingerprint density at radius 3 is 2.59 bits per heavy atom. The van der Waals surface area contributed by atoms with Crippen LogP contribution in [-0.4, -0.2) is 33.4 Å². The fraction of sp³-hybridized carbons (Fsp3) is 0.250. The third-order valence-corrected chi connectivity index (χ3v) is 4.51. The van der Waals surface area contributed by atoms with Crippen LogP contribution in [0.3, 0.4) is 0 Å². The Hall–Kier alpha value is -2.23. The summed E-state index contributed by atoms with van der Waals surface area (Å²) >= 11 is 6.18. The molecule has 1 N–H and O–H groups in total. The fourth-order valence-corrected chi connectivity index (χ4v) is 2.94. The van der Waals surface area contributed by atoms with Crippen LogP contribution in [0.15, 0.2) is 35.3 Å². The maximum atomic E-state index is 13.5. The minimum absolute atomic E-state index is 0. The highest BCUT2D eigenvalue weighted by molar-refractivity contribution is 6.33. The number of rotatable bonds is 3. The van der Waals surface area contributed by atoms with Crippen LogP contribution in [0.4, 0.5) is 13.2 Å². The van der Waals surface area contributed by atoms with Gasteiger partial charge < -0.3 is 4.42 Å². The van der Waals surface area contributed by atoms with Crippen molar-refractivity contribution in [2.24, 2.45) is 0 Å². The third-order valence-electron chi connectivity index (χ3n) is 4.15. The third kappa shape index (κ3) is 3.50. The second-order valence-electron chi connectivity index (χ2n) is 5.88. The molecule has 1 aliphatic heterocycles. The maximum Gasteiger partial charge on any atom is 0.420 e. The molecule has 1 amide bonds. The van der Waals surface area contributed by atoms with Gasteiger partial charge in [0.1, 0.15) is 5.15 Å². The first kappa shape index (κ1) is 19.5. The van der Waals surface area contributed by atoms with Crippen molar-refractivity contribution in [1.29, 1.82) is 0 Å². The number of pyridine rings is 1. The average Bonchev–Trinajstić information content (AvgIpc) is 3.17. The first-order valence-corrected chi connectivity index (χ1v) is 8.09. The summed E-state index contributed by atoms with van der Waals surface area (Å²) in [6.45, 7) is 1.35. The van der Waals surface area contributed by atoms with Crippen molar-refractivity contribution in [3.05, 3.63) is 47.3 Å². The van der Waals surface area contributed by atoms with E-state index in [2.05, 4.69) is 10.4 Å². The van der Waals surface area contributed by atoms with Gasteiger partial charge in [0, 0.05) is 30.4 Å². The average molecular weight is 421 g/mol. The Bertz CT molecular complexity index is 982. The van der Waals surface area contributed by atoms with Crippen molar-refractivity contribution >= 4 is 35.6 Å². The van der Waals surface area contributed by atoms with E-state index in [1.54, 1.807) is 5.01 Å². The summed E-state index contributed by atoms with van der Waals surface area (Å²) in [6.07, 6.45) is 0.343.